The number of carbonyl (C=O) groups excluding carboxylic acids is 2. The van der Waals surface area contributed by atoms with Crippen LogP contribution in [0, 0.1) is 49.4 Å². The summed E-state index contributed by atoms with van der Waals surface area (Å²) in [5, 5.41) is 0. The van der Waals surface area contributed by atoms with Gasteiger partial charge in [-0.25, -0.2) is 4.90 Å². The highest BCUT2D eigenvalue weighted by molar-refractivity contribution is 9.10. The fourth-order valence-electron chi connectivity index (χ4n) is 5.26. The number of halogens is 1. The number of carbonyl (C=O) groups is 2. The van der Waals surface area contributed by atoms with Gasteiger partial charge in [0.05, 0.1) is 17.5 Å². The van der Waals surface area contributed by atoms with Crippen LogP contribution in [-0.4, -0.2) is 11.8 Å². The Labute approximate surface area is 143 Å². The van der Waals surface area contributed by atoms with E-state index in [9.17, 15) is 9.59 Å². The number of anilines is 1. The first-order valence-electron chi connectivity index (χ1n) is 8.32. The number of benzene rings is 1. The summed E-state index contributed by atoms with van der Waals surface area (Å²) in [7, 11) is 0. The van der Waals surface area contributed by atoms with Crippen molar-refractivity contribution in [1.82, 2.24) is 0 Å². The number of hydrogen-bond donors (Lipinski definition) is 0. The minimum absolute atomic E-state index is 0.0193. The standard InChI is InChI=1S/C19H18BrNO2/c1-8-5-10(6-9(2)17(8)20)21-18(22)15-11-3-4-12(14-7-13(11)14)16(15)19(21)23/h3-6,11-16H,7H2,1-2H3/t11-,12-,13-,14-,15-,16+/m0/s1. The summed E-state index contributed by atoms with van der Waals surface area (Å²) < 4.78 is 1.04. The molecule has 4 heteroatoms. The number of allylic oxidation sites excluding steroid dienone is 2. The van der Waals surface area contributed by atoms with E-state index in [0.29, 0.717) is 11.8 Å². The van der Waals surface area contributed by atoms with Crippen molar-refractivity contribution in [3.63, 3.8) is 0 Å². The van der Waals surface area contributed by atoms with Gasteiger partial charge in [-0.1, -0.05) is 28.1 Å². The maximum Gasteiger partial charge on any atom is 0.238 e. The average Bonchev–Trinajstić information content (AvgIpc) is 3.29. The predicted molar refractivity (Wildman–Crippen MR) is 90.8 cm³/mol. The highest BCUT2D eigenvalue weighted by Gasteiger charge is 2.67. The molecule has 0 spiro atoms. The summed E-state index contributed by atoms with van der Waals surface area (Å²) in [6.07, 6.45) is 5.63. The van der Waals surface area contributed by atoms with Gasteiger partial charge in [0.15, 0.2) is 0 Å². The Balaban J connectivity index is 1.59. The number of imide groups is 1. The number of nitrogens with zero attached hydrogens (tertiary/aromatic N) is 1. The van der Waals surface area contributed by atoms with Crippen molar-refractivity contribution >= 4 is 33.4 Å². The lowest BCUT2D eigenvalue weighted by Gasteiger charge is -2.37. The summed E-state index contributed by atoms with van der Waals surface area (Å²) in [6, 6.07) is 3.89. The number of rotatable bonds is 1. The Morgan fingerprint density at radius 3 is 1.91 bits per heavy atom. The first-order chi connectivity index (χ1) is 11.0. The number of hydrogen-bond acceptors (Lipinski definition) is 2. The molecule has 1 aliphatic heterocycles. The molecule has 118 valence electrons. The van der Waals surface area contributed by atoms with Crippen molar-refractivity contribution in [2.24, 2.45) is 35.5 Å². The van der Waals surface area contributed by atoms with Crippen LogP contribution < -0.4 is 4.90 Å². The third kappa shape index (κ3) is 1.65. The molecule has 1 aromatic carbocycles. The van der Waals surface area contributed by atoms with Gasteiger partial charge in [0.2, 0.25) is 11.8 Å². The lowest BCUT2D eigenvalue weighted by molar-refractivity contribution is -0.124. The molecule has 0 unspecified atom stereocenters. The van der Waals surface area contributed by atoms with Gasteiger partial charge in [0.1, 0.15) is 0 Å². The Morgan fingerprint density at radius 2 is 1.43 bits per heavy atom. The number of amides is 2. The zero-order chi connectivity index (χ0) is 16.0. The second-order valence-electron chi connectivity index (χ2n) is 7.56. The number of aryl methyl sites for hydroxylation is 2. The van der Waals surface area contributed by atoms with Gasteiger partial charge in [-0.15, -0.1) is 0 Å². The normalized spacial score (nSPS) is 39.7. The van der Waals surface area contributed by atoms with Crippen molar-refractivity contribution in [2.75, 3.05) is 4.90 Å². The third-order valence-corrected chi connectivity index (χ3v) is 7.59. The predicted octanol–water partition coefficient (Wildman–Crippen LogP) is 3.62. The van der Waals surface area contributed by atoms with Crippen molar-refractivity contribution in [2.45, 2.75) is 20.3 Å². The minimum atomic E-state index is -0.120. The van der Waals surface area contributed by atoms with E-state index in [2.05, 4.69) is 28.1 Å². The maximum atomic E-state index is 13.1. The molecule has 6 rings (SSSR count). The summed E-state index contributed by atoms with van der Waals surface area (Å²) in [6.45, 7) is 4.00. The summed E-state index contributed by atoms with van der Waals surface area (Å²) in [4.78, 5) is 27.6. The van der Waals surface area contributed by atoms with Crippen LogP contribution in [0.15, 0.2) is 28.8 Å². The molecule has 0 aromatic heterocycles. The van der Waals surface area contributed by atoms with Crippen molar-refractivity contribution in [3.8, 4) is 0 Å². The SMILES string of the molecule is Cc1cc(N2C(=O)[C@@H]3[C@H]4C=C[C@@H]([C@@H]5C[C@@H]45)[C@@H]3C2=O)cc(C)c1Br. The Morgan fingerprint density at radius 1 is 0.957 bits per heavy atom. The van der Waals surface area contributed by atoms with Crippen LogP contribution in [0.3, 0.4) is 0 Å². The van der Waals surface area contributed by atoms with Gasteiger partial charge < -0.3 is 0 Å². The van der Waals surface area contributed by atoms with Gasteiger partial charge >= 0.3 is 0 Å². The highest BCUT2D eigenvalue weighted by atomic mass is 79.9. The molecule has 2 amide bonds. The molecule has 2 bridgehead atoms. The molecule has 1 heterocycles. The molecule has 3 fully saturated rings. The van der Waals surface area contributed by atoms with E-state index in [4.69, 9.17) is 0 Å². The van der Waals surface area contributed by atoms with E-state index >= 15 is 0 Å². The molecule has 23 heavy (non-hydrogen) atoms. The summed E-state index contributed by atoms with van der Waals surface area (Å²) in [5.41, 5.74) is 2.85. The summed E-state index contributed by atoms with van der Waals surface area (Å²) in [5.74, 6) is 1.67. The molecular weight excluding hydrogens is 354 g/mol. The topological polar surface area (TPSA) is 37.4 Å². The second-order valence-corrected chi connectivity index (χ2v) is 8.35. The largest absolute Gasteiger partial charge is 0.274 e. The molecule has 4 aliphatic carbocycles. The maximum absolute atomic E-state index is 13.1. The molecule has 5 aliphatic rings. The van der Waals surface area contributed by atoms with Crippen LogP contribution in [0.4, 0.5) is 5.69 Å². The second kappa shape index (κ2) is 4.35. The van der Waals surface area contributed by atoms with Gasteiger partial charge in [-0.05, 0) is 67.2 Å². The van der Waals surface area contributed by atoms with E-state index in [1.807, 2.05) is 26.0 Å². The third-order valence-electron chi connectivity index (χ3n) is 6.34. The van der Waals surface area contributed by atoms with E-state index < -0.39 is 0 Å². The van der Waals surface area contributed by atoms with Gasteiger partial charge in [-0.3, -0.25) is 9.59 Å². The van der Waals surface area contributed by atoms with Gasteiger partial charge in [0.25, 0.3) is 0 Å². The van der Waals surface area contributed by atoms with Gasteiger partial charge in [-0.2, -0.15) is 0 Å². The molecule has 0 radical (unpaired) electrons. The Bertz CT molecular complexity index is 740. The lowest BCUT2D eigenvalue weighted by atomic mass is 9.63. The molecule has 2 saturated carbocycles. The molecule has 1 aromatic rings. The van der Waals surface area contributed by atoms with Crippen LogP contribution in [-0.2, 0) is 9.59 Å². The fraction of sp³-hybridized carbons (Fsp3) is 0.474. The van der Waals surface area contributed by atoms with Crippen LogP contribution >= 0.6 is 15.9 Å². The average molecular weight is 372 g/mol. The molecule has 3 nitrogen and oxygen atoms in total. The minimum Gasteiger partial charge on any atom is -0.274 e. The zero-order valence-electron chi connectivity index (χ0n) is 13.1. The molecule has 6 atom stereocenters. The Kier molecular flexibility index (Phi) is 2.64. The van der Waals surface area contributed by atoms with E-state index in [1.54, 1.807) is 0 Å². The quantitative estimate of drug-likeness (QED) is 0.558. The van der Waals surface area contributed by atoms with E-state index in [-0.39, 0.29) is 35.5 Å². The van der Waals surface area contributed by atoms with E-state index in [0.717, 1.165) is 21.3 Å². The van der Waals surface area contributed by atoms with Crippen molar-refractivity contribution in [3.05, 3.63) is 39.9 Å². The van der Waals surface area contributed by atoms with Crippen LogP contribution in [0.1, 0.15) is 17.5 Å². The van der Waals surface area contributed by atoms with Gasteiger partial charge in [0, 0.05) is 4.47 Å². The van der Waals surface area contributed by atoms with Crippen LogP contribution in [0.2, 0.25) is 0 Å². The highest BCUT2D eigenvalue weighted by Crippen LogP contribution is 2.65. The van der Waals surface area contributed by atoms with Crippen LogP contribution in [0.25, 0.3) is 0 Å². The van der Waals surface area contributed by atoms with E-state index in [1.165, 1.54) is 11.3 Å². The molecule has 1 saturated heterocycles. The fourth-order valence-corrected chi connectivity index (χ4v) is 5.49. The lowest BCUT2D eigenvalue weighted by Crippen LogP contribution is -2.40. The smallest absolute Gasteiger partial charge is 0.238 e. The van der Waals surface area contributed by atoms with Crippen LogP contribution in [0.5, 0.6) is 0 Å². The summed E-state index contributed by atoms with van der Waals surface area (Å²) >= 11 is 3.56. The van der Waals surface area contributed by atoms with Crippen molar-refractivity contribution < 1.29 is 9.59 Å². The molecular formula is C19H18BrNO2. The monoisotopic (exact) mass is 371 g/mol. The Hall–Kier alpha value is -1.42. The molecule has 0 N–H and O–H groups in total. The van der Waals surface area contributed by atoms with Crippen molar-refractivity contribution in [1.29, 1.82) is 0 Å². The first-order valence-corrected chi connectivity index (χ1v) is 9.11. The zero-order valence-corrected chi connectivity index (χ0v) is 14.7. The first kappa shape index (κ1) is 14.0.